The quantitative estimate of drug-likeness (QED) is 0.523. The number of anilines is 2. The number of fused-ring (bicyclic) bond motifs is 1. The number of hydrogen-bond donors (Lipinski definition) is 3. The fourth-order valence-electron chi connectivity index (χ4n) is 2.90. The molecule has 3 rings (SSSR count). The van der Waals surface area contributed by atoms with Crippen LogP contribution in [0.3, 0.4) is 0 Å². The van der Waals surface area contributed by atoms with Crippen LogP contribution >= 0.6 is 0 Å². The molecule has 0 aliphatic carbocycles. The summed E-state index contributed by atoms with van der Waals surface area (Å²) in [5.41, 5.74) is 4.01. The van der Waals surface area contributed by atoms with E-state index in [0.29, 0.717) is 12.1 Å². The van der Waals surface area contributed by atoms with Crippen molar-refractivity contribution in [1.29, 1.82) is 0 Å². The van der Waals surface area contributed by atoms with Gasteiger partial charge in [0.1, 0.15) is 0 Å². The molecule has 26 heavy (non-hydrogen) atoms. The number of aromatic amines is 1. The van der Waals surface area contributed by atoms with Crippen LogP contribution < -0.4 is 10.0 Å². The zero-order valence-electron chi connectivity index (χ0n) is 15.0. The Morgan fingerprint density at radius 3 is 2.50 bits per heavy atom. The van der Waals surface area contributed by atoms with Gasteiger partial charge in [0.05, 0.1) is 5.75 Å². The Hall–Kier alpha value is -2.47. The molecule has 1 heterocycles. The van der Waals surface area contributed by atoms with Crippen LogP contribution in [0.4, 0.5) is 11.4 Å². The molecule has 0 aliphatic rings. The van der Waals surface area contributed by atoms with E-state index in [1.165, 1.54) is 10.9 Å². The maximum absolute atomic E-state index is 11.9. The first-order valence-electron chi connectivity index (χ1n) is 8.97. The van der Waals surface area contributed by atoms with Gasteiger partial charge in [-0.3, -0.25) is 4.72 Å². The number of hydrogen-bond acceptors (Lipinski definition) is 3. The predicted octanol–water partition coefficient (Wildman–Crippen LogP) is 4.36. The second-order valence-corrected chi connectivity index (χ2v) is 8.23. The Bertz CT molecular complexity index is 947. The average molecular weight is 372 g/mol. The second kappa shape index (κ2) is 8.27. The van der Waals surface area contributed by atoms with E-state index in [2.05, 4.69) is 33.4 Å². The molecule has 0 saturated carbocycles. The lowest BCUT2D eigenvalue weighted by Gasteiger charge is -2.10. The van der Waals surface area contributed by atoms with Crippen molar-refractivity contribution in [3.63, 3.8) is 0 Å². The minimum Gasteiger partial charge on any atom is -0.385 e. The average Bonchev–Trinajstić information content (AvgIpc) is 3.05. The molecule has 6 heteroatoms. The van der Waals surface area contributed by atoms with Crippen LogP contribution in [0.5, 0.6) is 0 Å². The summed E-state index contributed by atoms with van der Waals surface area (Å²) < 4.78 is 26.5. The Morgan fingerprint density at radius 1 is 1.00 bits per heavy atom. The first-order valence-corrected chi connectivity index (χ1v) is 10.6. The maximum Gasteiger partial charge on any atom is 0.232 e. The van der Waals surface area contributed by atoms with Gasteiger partial charge in [-0.25, -0.2) is 8.42 Å². The van der Waals surface area contributed by atoms with Crippen molar-refractivity contribution in [2.75, 3.05) is 22.3 Å². The van der Waals surface area contributed by atoms with Crippen LogP contribution in [0, 0.1) is 0 Å². The lowest BCUT2D eigenvalue weighted by Crippen LogP contribution is -2.16. The van der Waals surface area contributed by atoms with E-state index in [1.54, 1.807) is 12.1 Å². The fourth-order valence-corrected chi connectivity index (χ4v) is 4.17. The van der Waals surface area contributed by atoms with Gasteiger partial charge in [-0.1, -0.05) is 31.5 Å². The van der Waals surface area contributed by atoms with E-state index >= 15 is 0 Å². The number of H-pyrrole nitrogens is 1. The summed E-state index contributed by atoms with van der Waals surface area (Å²) in [6.07, 6.45) is 4.50. The monoisotopic (exact) mass is 371 g/mol. The maximum atomic E-state index is 11.9. The van der Waals surface area contributed by atoms with Crippen molar-refractivity contribution in [3.05, 3.63) is 60.3 Å². The third-order valence-electron chi connectivity index (χ3n) is 4.32. The highest BCUT2D eigenvalue weighted by atomic mass is 32.2. The summed E-state index contributed by atoms with van der Waals surface area (Å²) in [6, 6.07) is 15.6. The van der Waals surface area contributed by atoms with Crippen LogP contribution in [0.15, 0.2) is 54.7 Å². The van der Waals surface area contributed by atoms with Crippen LogP contribution in [0.1, 0.15) is 25.3 Å². The van der Waals surface area contributed by atoms with E-state index in [0.717, 1.165) is 30.6 Å². The van der Waals surface area contributed by atoms with E-state index in [4.69, 9.17) is 0 Å². The number of benzene rings is 2. The molecule has 0 unspecified atom stereocenters. The molecule has 0 spiro atoms. The van der Waals surface area contributed by atoms with Crippen molar-refractivity contribution in [2.24, 2.45) is 0 Å². The Balaban J connectivity index is 1.53. The summed E-state index contributed by atoms with van der Waals surface area (Å²) in [5, 5.41) is 4.64. The normalized spacial score (nSPS) is 11.6. The smallest absolute Gasteiger partial charge is 0.232 e. The van der Waals surface area contributed by atoms with E-state index in [1.807, 2.05) is 31.2 Å². The molecule has 3 N–H and O–H groups in total. The number of unbranched alkanes of at least 4 members (excludes halogenated alkanes) is 1. The Morgan fingerprint density at radius 2 is 1.73 bits per heavy atom. The first kappa shape index (κ1) is 18.3. The van der Waals surface area contributed by atoms with Gasteiger partial charge in [-0.15, -0.1) is 0 Å². The molecule has 0 atom stereocenters. The number of para-hydroxylation sites is 1. The van der Waals surface area contributed by atoms with Gasteiger partial charge in [-0.05, 0) is 48.7 Å². The highest BCUT2D eigenvalue weighted by molar-refractivity contribution is 7.92. The van der Waals surface area contributed by atoms with Gasteiger partial charge in [0.2, 0.25) is 10.0 Å². The summed E-state index contributed by atoms with van der Waals surface area (Å²) in [6.45, 7) is 2.79. The number of aromatic nitrogens is 1. The van der Waals surface area contributed by atoms with Gasteiger partial charge >= 0.3 is 0 Å². The molecule has 2 aromatic carbocycles. The van der Waals surface area contributed by atoms with Crippen LogP contribution in [-0.2, 0) is 16.4 Å². The molecule has 0 saturated heterocycles. The number of rotatable bonds is 9. The zero-order valence-corrected chi connectivity index (χ0v) is 15.8. The molecule has 0 radical (unpaired) electrons. The molecular formula is C20H25N3O2S. The minimum absolute atomic E-state index is 0.161. The van der Waals surface area contributed by atoms with Gasteiger partial charge in [0.15, 0.2) is 0 Å². The third-order valence-corrected chi connectivity index (χ3v) is 5.70. The molecule has 3 aromatic rings. The number of sulfonamides is 1. The standard InChI is InChI=1S/C20H25N3O2S/c1-2-3-14-26(24,25)23-18-10-8-17(9-11-18)21-13-12-16-15-22-20-7-5-4-6-19(16)20/h4-11,15,21-23H,2-3,12-14H2,1H3. The molecule has 0 aliphatic heterocycles. The lowest BCUT2D eigenvalue weighted by atomic mass is 10.1. The third kappa shape index (κ3) is 4.79. The van der Waals surface area contributed by atoms with E-state index < -0.39 is 10.0 Å². The first-order chi connectivity index (χ1) is 12.6. The topological polar surface area (TPSA) is 74.0 Å². The van der Waals surface area contributed by atoms with Crippen molar-refractivity contribution in [2.45, 2.75) is 26.2 Å². The molecule has 1 aromatic heterocycles. The lowest BCUT2D eigenvalue weighted by molar-refractivity contribution is 0.598. The molecule has 0 amide bonds. The van der Waals surface area contributed by atoms with Crippen molar-refractivity contribution < 1.29 is 8.42 Å². The van der Waals surface area contributed by atoms with Gasteiger partial charge < -0.3 is 10.3 Å². The molecular weight excluding hydrogens is 346 g/mol. The minimum atomic E-state index is -3.25. The molecule has 138 valence electrons. The largest absolute Gasteiger partial charge is 0.385 e. The number of nitrogens with one attached hydrogen (secondary N) is 3. The summed E-state index contributed by atoms with van der Waals surface area (Å²) in [4.78, 5) is 3.29. The van der Waals surface area contributed by atoms with Gasteiger partial charge in [0, 0.05) is 35.0 Å². The summed E-state index contributed by atoms with van der Waals surface area (Å²) in [7, 11) is -3.25. The van der Waals surface area contributed by atoms with Crippen molar-refractivity contribution in [1.82, 2.24) is 4.98 Å². The van der Waals surface area contributed by atoms with Crippen LogP contribution in [-0.4, -0.2) is 25.7 Å². The molecule has 5 nitrogen and oxygen atoms in total. The van der Waals surface area contributed by atoms with Crippen LogP contribution in [0.25, 0.3) is 10.9 Å². The highest BCUT2D eigenvalue weighted by Crippen LogP contribution is 2.19. The Kier molecular flexibility index (Phi) is 5.83. The highest BCUT2D eigenvalue weighted by Gasteiger charge is 2.09. The SMILES string of the molecule is CCCCS(=O)(=O)Nc1ccc(NCCc2c[nH]c3ccccc23)cc1. The van der Waals surface area contributed by atoms with E-state index in [9.17, 15) is 8.42 Å². The van der Waals surface area contributed by atoms with E-state index in [-0.39, 0.29) is 5.75 Å². The summed E-state index contributed by atoms with van der Waals surface area (Å²) >= 11 is 0. The van der Waals surface area contributed by atoms with Gasteiger partial charge in [-0.2, -0.15) is 0 Å². The van der Waals surface area contributed by atoms with Crippen LogP contribution in [0.2, 0.25) is 0 Å². The van der Waals surface area contributed by atoms with Crippen molar-refractivity contribution >= 4 is 32.3 Å². The molecule has 0 bridgehead atoms. The zero-order chi connectivity index (χ0) is 18.4. The van der Waals surface area contributed by atoms with Gasteiger partial charge in [0.25, 0.3) is 0 Å². The predicted molar refractivity (Wildman–Crippen MR) is 109 cm³/mol. The molecule has 0 fully saturated rings. The second-order valence-electron chi connectivity index (χ2n) is 6.39. The fraction of sp³-hybridized carbons (Fsp3) is 0.300. The summed E-state index contributed by atoms with van der Waals surface area (Å²) in [5.74, 6) is 0.161. The Labute approximate surface area is 154 Å². The van der Waals surface area contributed by atoms with Crippen molar-refractivity contribution in [3.8, 4) is 0 Å².